The molecule has 158 valence electrons. The average molecular weight is 423 g/mol. The highest BCUT2D eigenvalue weighted by molar-refractivity contribution is 5.80. The van der Waals surface area contributed by atoms with Gasteiger partial charge in [-0.15, -0.1) is 10.2 Å². The fourth-order valence-electron chi connectivity index (χ4n) is 3.66. The number of benzene rings is 2. The summed E-state index contributed by atoms with van der Waals surface area (Å²) in [5, 5.41) is 8.26. The van der Waals surface area contributed by atoms with Crippen molar-refractivity contribution >= 4 is 11.5 Å². The Kier molecular flexibility index (Phi) is 5.53. The number of rotatable bonds is 5. The third kappa shape index (κ3) is 4.32. The standard InChI is InChI=1S/C25H21N5O2/c31-23(15-18-7-3-1-4-8-18)30-13-11-19(12-14-30)21-16-26-17-22(27-21)25-29-28-24(32-25)20-9-5-2-6-10-20/h1-11,16-17H,12-15H2. The minimum Gasteiger partial charge on any atom is -0.415 e. The van der Waals surface area contributed by atoms with E-state index < -0.39 is 0 Å². The van der Waals surface area contributed by atoms with Crippen LogP contribution in [0.2, 0.25) is 0 Å². The maximum absolute atomic E-state index is 12.6. The molecular weight excluding hydrogens is 402 g/mol. The van der Waals surface area contributed by atoms with Gasteiger partial charge in [-0.25, -0.2) is 4.98 Å². The van der Waals surface area contributed by atoms with Gasteiger partial charge in [0.15, 0.2) is 0 Å². The van der Waals surface area contributed by atoms with E-state index in [0.29, 0.717) is 37.0 Å². The lowest BCUT2D eigenvalue weighted by Gasteiger charge is -2.26. The molecule has 1 amide bonds. The van der Waals surface area contributed by atoms with E-state index >= 15 is 0 Å². The van der Waals surface area contributed by atoms with Crippen LogP contribution in [0.5, 0.6) is 0 Å². The van der Waals surface area contributed by atoms with E-state index in [-0.39, 0.29) is 5.91 Å². The molecule has 0 fully saturated rings. The molecule has 1 aliphatic heterocycles. The van der Waals surface area contributed by atoms with Crippen LogP contribution < -0.4 is 0 Å². The highest BCUT2D eigenvalue weighted by Gasteiger charge is 2.20. The molecule has 32 heavy (non-hydrogen) atoms. The third-order valence-electron chi connectivity index (χ3n) is 5.39. The molecule has 0 spiro atoms. The van der Waals surface area contributed by atoms with Gasteiger partial charge in [-0.05, 0) is 29.7 Å². The minimum atomic E-state index is 0.130. The predicted octanol–water partition coefficient (Wildman–Crippen LogP) is 4.05. The van der Waals surface area contributed by atoms with Gasteiger partial charge >= 0.3 is 0 Å². The van der Waals surface area contributed by atoms with Crippen LogP contribution in [-0.4, -0.2) is 44.1 Å². The lowest BCUT2D eigenvalue weighted by atomic mass is 10.0. The van der Waals surface area contributed by atoms with Gasteiger partial charge in [0, 0.05) is 18.7 Å². The van der Waals surface area contributed by atoms with Crippen LogP contribution in [-0.2, 0) is 11.2 Å². The third-order valence-corrected chi connectivity index (χ3v) is 5.39. The van der Waals surface area contributed by atoms with Crippen molar-refractivity contribution in [2.45, 2.75) is 12.8 Å². The second kappa shape index (κ2) is 8.93. The summed E-state index contributed by atoms with van der Waals surface area (Å²) in [6, 6.07) is 19.4. The second-order valence-electron chi connectivity index (χ2n) is 7.55. The van der Waals surface area contributed by atoms with E-state index in [2.05, 4.69) is 20.2 Å². The first kappa shape index (κ1) is 19.8. The molecule has 0 radical (unpaired) electrons. The Morgan fingerprint density at radius 2 is 1.62 bits per heavy atom. The first-order chi connectivity index (χ1) is 15.8. The summed E-state index contributed by atoms with van der Waals surface area (Å²) in [6.45, 7) is 1.22. The molecule has 4 aromatic rings. The van der Waals surface area contributed by atoms with Gasteiger partial charge in [0.05, 0.1) is 24.5 Å². The first-order valence-corrected chi connectivity index (χ1v) is 10.5. The molecule has 0 N–H and O–H groups in total. The maximum atomic E-state index is 12.6. The van der Waals surface area contributed by atoms with Gasteiger partial charge in [0.25, 0.3) is 5.89 Å². The highest BCUT2D eigenvalue weighted by atomic mass is 16.4. The van der Waals surface area contributed by atoms with E-state index in [1.54, 1.807) is 12.4 Å². The molecule has 2 aromatic heterocycles. The number of aromatic nitrogens is 4. The zero-order valence-electron chi connectivity index (χ0n) is 17.4. The van der Waals surface area contributed by atoms with Crippen molar-refractivity contribution < 1.29 is 9.21 Å². The van der Waals surface area contributed by atoms with Crippen molar-refractivity contribution in [1.29, 1.82) is 0 Å². The summed E-state index contributed by atoms with van der Waals surface area (Å²) in [6.07, 6.45) is 6.53. The monoisotopic (exact) mass is 423 g/mol. The Bertz CT molecular complexity index is 1250. The summed E-state index contributed by atoms with van der Waals surface area (Å²) >= 11 is 0. The molecule has 2 aromatic carbocycles. The van der Waals surface area contributed by atoms with Crippen LogP contribution in [0.15, 0.2) is 83.6 Å². The normalized spacial score (nSPS) is 13.6. The molecule has 7 heteroatoms. The molecule has 0 unspecified atom stereocenters. The van der Waals surface area contributed by atoms with Gasteiger partial charge in [0.1, 0.15) is 5.69 Å². The molecule has 0 atom stereocenters. The highest BCUT2D eigenvalue weighted by Crippen LogP contribution is 2.25. The lowest BCUT2D eigenvalue weighted by molar-refractivity contribution is -0.130. The average Bonchev–Trinajstić information content (AvgIpc) is 3.36. The summed E-state index contributed by atoms with van der Waals surface area (Å²) in [5.74, 6) is 0.900. The molecule has 3 heterocycles. The number of nitrogens with zero attached hydrogens (tertiary/aromatic N) is 5. The molecular formula is C25H21N5O2. The Hall–Kier alpha value is -4.13. The van der Waals surface area contributed by atoms with Crippen molar-refractivity contribution in [3.63, 3.8) is 0 Å². The quantitative estimate of drug-likeness (QED) is 0.481. The molecule has 0 saturated heterocycles. The molecule has 5 rings (SSSR count). The number of hydrogen-bond donors (Lipinski definition) is 0. The largest absolute Gasteiger partial charge is 0.415 e. The smallest absolute Gasteiger partial charge is 0.268 e. The van der Waals surface area contributed by atoms with Crippen LogP contribution in [0.1, 0.15) is 17.7 Å². The van der Waals surface area contributed by atoms with E-state index in [0.717, 1.165) is 28.8 Å². The summed E-state index contributed by atoms with van der Waals surface area (Å²) in [5.41, 5.74) is 4.23. The van der Waals surface area contributed by atoms with E-state index in [9.17, 15) is 4.79 Å². The Balaban J connectivity index is 1.29. The van der Waals surface area contributed by atoms with Crippen molar-refractivity contribution in [2.24, 2.45) is 0 Å². The van der Waals surface area contributed by atoms with E-state index in [4.69, 9.17) is 4.42 Å². The topological polar surface area (TPSA) is 85.0 Å². The van der Waals surface area contributed by atoms with Crippen LogP contribution >= 0.6 is 0 Å². The number of hydrogen-bond acceptors (Lipinski definition) is 6. The summed E-state index contributed by atoms with van der Waals surface area (Å²) in [7, 11) is 0. The van der Waals surface area contributed by atoms with Gasteiger partial charge in [0.2, 0.25) is 11.8 Å². The van der Waals surface area contributed by atoms with E-state index in [1.165, 1.54) is 0 Å². The van der Waals surface area contributed by atoms with Gasteiger partial charge in [-0.1, -0.05) is 54.6 Å². The SMILES string of the molecule is O=C(Cc1ccccc1)N1CC=C(c2cncc(-c3nnc(-c4ccccc4)o3)n2)CC1. The van der Waals surface area contributed by atoms with Crippen molar-refractivity contribution in [2.75, 3.05) is 13.1 Å². The van der Waals surface area contributed by atoms with Gasteiger partial charge in [-0.2, -0.15) is 0 Å². The van der Waals surface area contributed by atoms with Gasteiger partial charge < -0.3 is 9.32 Å². The van der Waals surface area contributed by atoms with Crippen LogP contribution in [0.4, 0.5) is 0 Å². The Labute approximate surface area is 185 Å². The lowest BCUT2D eigenvalue weighted by Crippen LogP contribution is -2.35. The Morgan fingerprint density at radius 3 is 2.38 bits per heavy atom. The minimum absolute atomic E-state index is 0.130. The van der Waals surface area contributed by atoms with Crippen LogP contribution in [0, 0.1) is 0 Å². The van der Waals surface area contributed by atoms with Crippen molar-refractivity contribution in [3.05, 3.63) is 90.4 Å². The molecule has 0 aliphatic carbocycles. The van der Waals surface area contributed by atoms with Crippen molar-refractivity contribution in [1.82, 2.24) is 25.1 Å². The molecule has 0 saturated carbocycles. The molecule has 0 bridgehead atoms. The number of carbonyl (C=O) groups is 1. The first-order valence-electron chi connectivity index (χ1n) is 10.5. The fourth-order valence-corrected chi connectivity index (χ4v) is 3.66. The van der Waals surface area contributed by atoms with Crippen molar-refractivity contribution in [3.8, 4) is 23.0 Å². The molecule has 1 aliphatic rings. The van der Waals surface area contributed by atoms with E-state index in [1.807, 2.05) is 71.6 Å². The zero-order chi connectivity index (χ0) is 21.8. The zero-order valence-corrected chi connectivity index (χ0v) is 17.4. The molecule has 7 nitrogen and oxygen atoms in total. The number of amides is 1. The second-order valence-corrected chi connectivity index (χ2v) is 7.55. The van der Waals surface area contributed by atoms with Gasteiger partial charge in [-0.3, -0.25) is 9.78 Å². The summed E-state index contributed by atoms with van der Waals surface area (Å²) in [4.78, 5) is 23.5. The fraction of sp³-hybridized carbons (Fsp3) is 0.160. The van der Waals surface area contributed by atoms with Crippen LogP contribution in [0.3, 0.4) is 0 Å². The Morgan fingerprint density at radius 1 is 0.906 bits per heavy atom. The summed E-state index contributed by atoms with van der Waals surface area (Å²) < 4.78 is 5.81. The van der Waals surface area contributed by atoms with Crippen LogP contribution in [0.25, 0.3) is 28.6 Å². The predicted molar refractivity (Wildman–Crippen MR) is 120 cm³/mol. The number of carbonyl (C=O) groups excluding carboxylic acids is 1. The maximum Gasteiger partial charge on any atom is 0.268 e.